The van der Waals surface area contributed by atoms with E-state index in [1.165, 1.54) is 88.2 Å². The van der Waals surface area contributed by atoms with Crippen LogP contribution in [0, 0.1) is 0 Å². The third-order valence-corrected chi connectivity index (χ3v) is 8.78. The van der Waals surface area contributed by atoms with Crippen molar-refractivity contribution in [3.63, 3.8) is 0 Å². The highest BCUT2D eigenvalue weighted by Crippen LogP contribution is 2.19. The predicted molar refractivity (Wildman–Crippen MR) is 205 cm³/mol. The minimum atomic E-state index is 0.331. The Morgan fingerprint density at radius 3 is 0.812 bits per heavy atom. The lowest BCUT2D eigenvalue weighted by atomic mass is 10.1. The van der Waals surface area contributed by atoms with Crippen LogP contribution >= 0.6 is 0 Å². The number of benzene rings is 3. The van der Waals surface area contributed by atoms with Gasteiger partial charge in [-0.2, -0.15) is 0 Å². The van der Waals surface area contributed by atoms with Crippen LogP contribution in [-0.2, 0) is 0 Å². The highest BCUT2D eigenvalue weighted by Gasteiger charge is 1.98. The number of unbranched alkanes of at least 4 members (excludes halogenated alkanes) is 16. The number of aliphatic hydroxyl groups excluding tert-OH is 2. The molecular weight excluding hydrogens is 592 g/mol. The molecule has 0 aliphatic heterocycles. The van der Waals surface area contributed by atoms with Crippen molar-refractivity contribution in [2.45, 2.75) is 116 Å². The van der Waals surface area contributed by atoms with Crippen molar-refractivity contribution in [3.8, 4) is 11.5 Å². The van der Waals surface area contributed by atoms with Crippen LogP contribution in [0.15, 0.2) is 72.8 Å². The average Bonchev–Trinajstić information content (AvgIpc) is 3.12. The summed E-state index contributed by atoms with van der Waals surface area (Å²) in [4.78, 5) is 0. The van der Waals surface area contributed by atoms with Crippen molar-refractivity contribution in [3.05, 3.63) is 95.1 Å². The van der Waals surface area contributed by atoms with E-state index in [1.54, 1.807) is 0 Å². The summed E-state index contributed by atoms with van der Waals surface area (Å²) in [5, 5.41) is 17.7. The lowest BCUT2D eigenvalue weighted by molar-refractivity contribution is 0.282. The topological polar surface area (TPSA) is 58.9 Å². The molecule has 0 saturated carbocycles. The van der Waals surface area contributed by atoms with Gasteiger partial charge in [-0.15, -0.1) is 0 Å². The largest absolute Gasteiger partial charge is 0.494 e. The minimum absolute atomic E-state index is 0.331. The molecule has 0 atom stereocenters. The first kappa shape index (κ1) is 39.1. The zero-order chi connectivity index (χ0) is 33.7. The zero-order valence-electron chi connectivity index (χ0n) is 29.5. The molecule has 0 radical (unpaired) electrons. The van der Waals surface area contributed by atoms with E-state index in [0.717, 1.165) is 74.4 Å². The fourth-order valence-electron chi connectivity index (χ4n) is 5.74. The van der Waals surface area contributed by atoms with Gasteiger partial charge < -0.3 is 19.7 Å². The van der Waals surface area contributed by atoms with Gasteiger partial charge in [0, 0.05) is 13.2 Å². The van der Waals surface area contributed by atoms with E-state index in [1.807, 2.05) is 0 Å². The maximum Gasteiger partial charge on any atom is 0.119 e. The van der Waals surface area contributed by atoms with Gasteiger partial charge in [0.15, 0.2) is 0 Å². The Morgan fingerprint density at radius 1 is 0.312 bits per heavy atom. The Bertz CT molecular complexity index is 1130. The zero-order valence-corrected chi connectivity index (χ0v) is 29.5. The molecule has 48 heavy (non-hydrogen) atoms. The molecule has 3 aromatic carbocycles. The normalized spacial score (nSPS) is 11.5. The van der Waals surface area contributed by atoms with Crippen molar-refractivity contribution < 1.29 is 19.7 Å². The van der Waals surface area contributed by atoms with Crippen LogP contribution < -0.4 is 9.47 Å². The van der Waals surface area contributed by atoms with E-state index in [-0.39, 0.29) is 0 Å². The standard InChI is InChI=1S/C44H62O4/c45-35-15-11-7-3-1-5-9-13-17-37-47-43-31-27-41(28-32-43)25-23-39-19-21-40(22-20-39)24-26-42-29-33-44(34-30-42)48-38-18-14-10-6-2-4-8-12-16-36-46/h19-34,45-46H,1-18,35-38H2/b25-23+,26-24+. The van der Waals surface area contributed by atoms with Gasteiger partial charge >= 0.3 is 0 Å². The van der Waals surface area contributed by atoms with E-state index in [0.29, 0.717) is 13.2 Å². The predicted octanol–water partition coefficient (Wildman–Crippen LogP) is 11.8. The molecule has 0 aromatic heterocycles. The lowest BCUT2D eigenvalue weighted by Gasteiger charge is -2.07. The lowest BCUT2D eigenvalue weighted by Crippen LogP contribution is -1.97. The van der Waals surface area contributed by atoms with Gasteiger partial charge in [0.1, 0.15) is 11.5 Å². The van der Waals surface area contributed by atoms with Crippen LogP contribution in [0.5, 0.6) is 11.5 Å². The highest BCUT2D eigenvalue weighted by atomic mass is 16.5. The molecular formula is C44H62O4. The molecule has 3 rings (SSSR count). The molecule has 0 heterocycles. The Labute approximate surface area is 291 Å². The molecule has 4 heteroatoms. The first-order valence-corrected chi connectivity index (χ1v) is 18.9. The molecule has 4 nitrogen and oxygen atoms in total. The van der Waals surface area contributed by atoms with Crippen LogP contribution in [0.3, 0.4) is 0 Å². The summed E-state index contributed by atoms with van der Waals surface area (Å²) in [6.45, 7) is 2.22. The molecule has 0 aliphatic rings. The molecule has 0 saturated heterocycles. The first-order chi connectivity index (χ1) is 23.8. The molecule has 0 bridgehead atoms. The summed E-state index contributed by atoms with van der Waals surface area (Å²) in [5.41, 5.74) is 4.67. The van der Waals surface area contributed by atoms with Crippen molar-refractivity contribution in [2.24, 2.45) is 0 Å². The van der Waals surface area contributed by atoms with Crippen LogP contribution in [-0.4, -0.2) is 36.6 Å². The summed E-state index contributed by atoms with van der Waals surface area (Å²) in [6, 6.07) is 25.3. The summed E-state index contributed by atoms with van der Waals surface area (Å²) >= 11 is 0. The Balaban J connectivity index is 1.26. The second-order valence-corrected chi connectivity index (χ2v) is 13.0. The number of hydrogen-bond donors (Lipinski definition) is 2. The molecule has 262 valence electrons. The molecule has 0 amide bonds. The van der Waals surface area contributed by atoms with Crippen molar-refractivity contribution in [1.82, 2.24) is 0 Å². The summed E-state index contributed by atoms with van der Waals surface area (Å²) in [7, 11) is 0. The highest BCUT2D eigenvalue weighted by molar-refractivity contribution is 5.73. The second kappa shape index (κ2) is 26.6. The maximum atomic E-state index is 8.83. The number of rotatable bonds is 28. The van der Waals surface area contributed by atoms with Gasteiger partial charge in [0.25, 0.3) is 0 Å². The number of hydrogen-bond acceptors (Lipinski definition) is 4. The summed E-state index contributed by atoms with van der Waals surface area (Å²) in [6.07, 6.45) is 30.4. The van der Waals surface area contributed by atoms with Crippen LogP contribution in [0.1, 0.15) is 138 Å². The summed E-state index contributed by atoms with van der Waals surface area (Å²) < 4.78 is 11.9. The number of ether oxygens (including phenoxy) is 2. The van der Waals surface area contributed by atoms with E-state index >= 15 is 0 Å². The van der Waals surface area contributed by atoms with Gasteiger partial charge in [-0.1, -0.05) is 163 Å². The van der Waals surface area contributed by atoms with Crippen LogP contribution in [0.4, 0.5) is 0 Å². The third kappa shape index (κ3) is 18.9. The molecule has 0 fully saturated rings. The molecule has 0 unspecified atom stereocenters. The van der Waals surface area contributed by atoms with Crippen LogP contribution in [0.25, 0.3) is 24.3 Å². The Hall–Kier alpha value is -3.34. The van der Waals surface area contributed by atoms with Crippen molar-refractivity contribution >= 4 is 24.3 Å². The first-order valence-electron chi connectivity index (χ1n) is 18.9. The van der Waals surface area contributed by atoms with Crippen molar-refractivity contribution in [2.75, 3.05) is 26.4 Å². The van der Waals surface area contributed by atoms with Gasteiger partial charge in [-0.3, -0.25) is 0 Å². The van der Waals surface area contributed by atoms with Crippen LogP contribution in [0.2, 0.25) is 0 Å². The molecule has 2 N–H and O–H groups in total. The second-order valence-electron chi connectivity index (χ2n) is 13.0. The minimum Gasteiger partial charge on any atom is -0.494 e. The third-order valence-electron chi connectivity index (χ3n) is 8.78. The number of aliphatic hydroxyl groups is 2. The van der Waals surface area contributed by atoms with Gasteiger partial charge in [-0.25, -0.2) is 0 Å². The fraction of sp³-hybridized carbons (Fsp3) is 0.500. The SMILES string of the molecule is OCCCCCCCCCCCOc1ccc(/C=C/c2ccc(/C=C/c3ccc(OCCCCCCCCCCCO)cc3)cc2)cc1. The maximum absolute atomic E-state index is 8.83. The van der Waals surface area contributed by atoms with Gasteiger partial charge in [-0.05, 0) is 72.2 Å². The molecule has 3 aromatic rings. The van der Waals surface area contributed by atoms with E-state index < -0.39 is 0 Å². The Morgan fingerprint density at radius 2 is 0.542 bits per heavy atom. The van der Waals surface area contributed by atoms with Crippen molar-refractivity contribution in [1.29, 1.82) is 0 Å². The summed E-state index contributed by atoms with van der Waals surface area (Å²) in [5.74, 6) is 1.88. The van der Waals surface area contributed by atoms with E-state index in [2.05, 4.69) is 97.1 Å². The quantitative estimate of drug-likeness (QED) is 0.0604. The monoisotopic (exact) mass is 654 g/mol. The van der Waals surface area contributed by atoms with E-state index in [4.69, 9.17) is 19.7 Å². The smallest absolute Gasteiger partial charge is 0.119 e. The molecule has 0 spiro atoms. The average molecular weight is 655 g/mol. The Kier molecular flexibility index (Phi) is 21.7. The van der Waals surface area contributed by atoms with Gasteiger partial charge in [0.2, 0.25) is 0 Å². The van der Waals surface area contributed by atoms with E-state index in [9.17, 15) is 0 Å². The fourth-order valence-corrected chi connectivity index (χ4v) is 5.74. The molecule has 0 aliphatic carbocycles. The van der Waals surface area contributed by atoms with Gasteiger partial charge in [0.05, 0.1) is 13.2 Å².